The Morgan fingerprint density at radius 1 is 1.21 bits per heavy atom. The highest BCUT2D eigenvalue weighted by Crippen LogP contribution is 2.13. The van der Waals surface area contributed by atoms with Gasteiger partial charge in [-0.1, -0.05) is 6.07 Å². The summed E-state index contributed by atoms with van der Waals surface area (Å²) in [6, 6.07) is 5.86. The summed E-state index contributed by atoms with van der Waals surface area (Å²) in [4.78, 5) is 35.4. The average molecular weight is 329 g/mol. The summed E-state index contributed by atoms with van der Waals surface area (Å²) in [6.07, 6.45) is 2.13. The summed E-state index contributed by atoms with van der Waals surface area (Å²) in [5.74, 6) is 1.05. The van der Waals surface area contributed by atoms with Crippen LogP contribution in [0.1, 0.15) is 17.8 Å². The standard InChI is InChI=1S/C17H23N5O2/c1-13-14(2)22(17(24)19-13)8-6-16(23)21-11-9-20(10-12-21)15-5-3-4-7-18-15/h3-5,7H,6,8-12H2,1-2H3,(H,19,24). The van der Waals surface area contributed by atoms with Gasteiger partial charge in [0.2, 0.25) is 5.91 Å². The normalized spacial score (nSPS) is 14.9. The predicted octanol–water partition coefficient (Wildman–Crippen LogP) is 0.927. The van der Waals surface area contributed by atoms with Crippen molar-refractivity contribution in [2.24, 2.45) is 0 Å². The van der Waals surface area contributed by atoms with E-state index < -0.39 is 0 Å². The van der Waals surface area contributed by atoms with Crippen molar-refractivity contribution in [3.8, 4) is 0 Å². The van der Waals surface area contributed by atoms with E-state index in [0.717, 1.165) is 30.3 Å². The molecule has 1 aliphatic rings. The molecule has 0 spiro atoms. The Morgan fingerprint density at radius 2 is 1.96 bits per heavy atom. The number of hydrogen-bond acceptors (Lipinski definition) is 4. The fourth-order valence-corrected chi connectivity index (χ4v) is 3.03. The van der Waals surface area contributed by atoms with Gasteiger partial charge in [-0.15, -0.1) is 0 Å². The summed E-state index contributed by atoms with van der Waals surface area (Å²) in [6.45, 7) is 7.13. The molecule has 2 aromatic rings. The Balaban J connectivity index is 1.53. The number of aromatic amines is 1. The first-order chi connectivity index (χ1) is 11.6. The number of piperazine rings is 1. The van der Waals surface area contributed by atoms with Crippen molar-refractivity contribution >= 4 is 11.7 Å². The van der Waals surface area contributed by atoms with Crippen molar-refractivity contribution in [2.75, 3.05) is 31.1 Å². The molecule has 0 atom stereocenters. The number of hydrogen-bond donors (Lipinski definition) is 1. The van der Waals surface area contributed by atoms with E-state index in [1.165, 1.54) is 0 Å². The van der Waals surface area contributed by atoms with Gasteiger partial charge in [-0.05, 0) is 26.0 Å². The molecule has 128 valence electrons. The highest BCUT2D eigenvalue weighted by Gasteiger charge is 2.22. The van der Waals surface area contributed by atoms with Crippen LogP contribution in [-0.4, -0.2) is 51.5 Å². The molecule has 0 unspecified atom stereocenters. The number of imidazole rings is 1. The monoisotopic (exact) mass is 329 g/mol. The molecule has 3 rings (SSSR count). The number of aromatic nitrogens is 3. The van der Waals surface area contributed by atoms with Crippen LogP contribution in [0, 0.1) is 13.8 Å². The lowest BCUT2D eigenvalue weighted by Crippen LogP contribution is -2.49. The highest BCUT2D eigenvalue weighted by molar-refractivity contribution is 5.76. The Labute approximate surface area is 140 Å². The number of pyridine rings is 1. The van der Waals surface area contributed by atoms with Gasteiger partial charge in [-0.2, -0.15) is 0 Å². The lowest BCUT2D eigenvalue weighted by molar-refractivity contribution is -0.131. The van der Waals surface area contributed by atoms with Crippen LogP contribution in [0.2, 0.25) is 0 Å². The predicted molar refractivity (Wildman–Crippen MR) is 92.2 cm³/mol. The van der Waals surface area contributed by atoms with E-state index in [1.54, 1.807) is 10.8 Å². The smallest absolute Gasteiger partial charge is 0.325 e. The van der Waals surface area contributed by atoms with Gasteiger partial charge in [0, 0.05) is 56.7 Å². The van der Waals surface area contributed by atoms with Gasteiger partial charge in [0.05, 0.1) is 0 Å². The molecule has 0 aromatic carbocycles. The zero-order valence-electron chi connectivity index (χ0n) is 14.2. The Kier molecular flexibility index (Phi) is 4.69. The maximum Gasteiger partial charge on any atom is 0.325 e. The molecule has 1 N–H and O–H groups in total. The van der Waals surface area contributed by atoms with Crippen molar-refractivity contribution in [2.45, 2.75) is 26.8 Å². The highest BCUT2D eigenvalue weighted by atomic mass is 16.2. The third-order valence-electron chi connectivity index (χ3n) is 4.64. The zero-order valence-corrected chi connectivity index (χ0v) is 14.2. The molecule has 0 bridgehead atoms. The van der Waals surface area contributed by atoms with Gasteiger partial charge in [0.25, 0.3) is 0 Å². The van der Waals surface area contributed by atoms with Crippen molar-refractivity contribution in [3.05, 3.63) is 46.3 Å². The van der Waals surface area contributed by atoms with Gasteiger partial charge in [0.1, 0.15) is 5.82 Å². The number of anilines is 1. The molecule has 3 heterocycles. The topological polar surface area (TPSA) is 74.2 Å². The first-order valence-electron chi connectivity index (χ1n) is 8.26. The third-order valence-corrected chi connectivity index (χ3v) is 4.64. The second-order valence-electron chi connectivity index (χ2n) is 6.10. The summed E-state index contributed by atoms with van der Waals surface area (Å²) in [5, 5.41) is 0. The van der Waals surface area contributed by atoms with Crippen molar-refractivity contribution in [3.63, 3.8) is 0 Å². The SMILES string of the molecule is Cc1[nH]c(=O)n(CCC(=O)N2CCN(c3ccccn3)CC2)c1C. The van der Waals surface area contributed by atoms with Crippen LogP contribution in [-0.2, 0) is 11.3 Å². The number of carbonyl (C=O) groups excluding carboxylic acids is 1. The molecule has 7 heteroatoms. The fourth-order valence-electron chi connectivity index (χ4n) is 3.03. The van der Waals surface area contributed by atoms with E-state index in [2.05, 4.69) is 14.9 Å². The Hall–Kier alpha value is -2.57. The second kappa shape index (κ2) is 6.90. The molecular formula is C17H23N5O2. The van der Waals surface area contributed by atoms with Crippen LogP contribution in [0.3, 0.4) is 0 Å². The third kappa shape index (κ3) is 3.34. The molecule has 2 aromatic heterocycles. The van der Waals surface area contributed by atoms with E-state index in [1.807, 2.05) is 36.9 Å². The van der Waals surface area contributed by atoms with Gasteiger partial charge in [-0.25, -0.2) is 9.78 Å². The van der Waals surface area contributed by atoms with E-state index >= 15 is 0 Å². The maximum absolute atomic E-state index is 12.4. The van der Waals surface area contributed by atoms with Crippen LogP contribution in [0.15, 0.2) is 29.2 Å². The molecule has 1 saturated heterocycles. The van der Waals surface area contributed by atoms with Crippen LogP contribution in [0.5, 0.6) is 0 Å². The summed E-state index contributed by atoms with van der Waals surface area (Å²) in [7, 11) is 0. The molecule has 0 radical (unpaired) electrons. The lowest BCUT2D eigenvalue weighted by atomic mass is 10.2. The van der Waals surface area contributed by atoms with Crippen LogP contribution >= 0.6 is 0 Å². The number of nitrogens with zero attached hydrogens (tertiary/aromatic N) is 4. The van der Waals surface area contributed by atoms with E-state index in [9.17, 15) is 9.59 Å². The first-order valence-corrected chi connectivity index (χ1v) is 8.26. The summed E-state index contributed by atoms with van der Waals surface area (Å²) >= 11 is 0. The van der Waals surface area contributed by atoms with E-state index in [4.69, 9.17) is 0 Å². The number of H-pyrrole nitrogens is 1. The lowest BCUT2D eigenvalue weighted by Gasteiger charge is -2.35. The largest absolute Gasteiger partial charge is 0.353 e. The van der Waals surface area contributed by atoms with E-state index in [0.29, 0.717) is 26.1 Å². The molecule has 1 aliphatic heterocycles. The number of carbonyl (C=O) groups is 1. The first kappa shape index (κ1) is 16.3. The van der Waals surface area contributed by atoms with E-state index in [-0.39, 0.29) is 11.6 Å². The molecule has 0 saturated carbocycles. The average Bonchev–Trinajstić information content (AvgIpc) is 2.86. The van der Waals surface area contributed by atoms with Crippen LogP contribution in [0.4, 0.5) is 5.82 Å². The molecule has 0 aliphatic carbocycles. The van der Waals surface area contributed by atoms with Crippen molar-refractivity contribution in [1.29, 1.82) is 0 Å². The minimum Gasteiger partial charge on any atom is -0.353 e. The van der Waals surface area contributed by atoms with Gasteiger partial charge >= 0.3 is 5.69 Å². The van der Waals surface area contributed by atoms with Gasteiger partial charge < -0.3 is 14.8 Å². The molecule has 24 heavy (non-hydrogen) atoms. The van der Waals surface area contributed by atoms with Crippen molar-refractivity contribution < 1.29 is 4.79 Å². The molecule has 1 fully saturated rings. The number of amides is 1. The van der Waals surface area contributed by atoms with Gasteiger partial charge in [-0.3, -0.25) is 9.36 Å². The number of aryl methyl sites for hydroxylation is 1. The minimum absolute atomic E-state index is 0.0980. The van der Waals surface area contributed by atoms with Crippen LogP contribution < -0.4 is 10.6 Å². The molecular weight excluding hydrogens is 306 g/mol. The fraction of sp³-hybridized carbons (Fsp3) is 0.471. The number of rotatable bonds is 4. The van der Waals surface area contributed by atoms with Gasteiger partial charge in [0.15, 0.2) is 0 Å². The Bertz CT molecular complexity index is 757. The second-order valence-corrected chi connectivity index (χ2v) is 6.10. The van der Waals surface area contributed by atoms with Crippen molar-refractivity contribution in [1.82, 2.24) is 19.4 Å². The molecule has 1 amide bonds. The minimum atomic E-state index is -0.141. The van der Waals surface area contributed by atoms with Crippen LogP contribution in [0.25, 0.3) is 0 Å². The summed E-state index contributed by atoms with van der Waals surface area (Å²) < 4.78 is 1.64. The molecule has 7 nitrogen and oxygen atoms in total. The quantitative estimate of drug-likeness (QED) is 0.905. The number of nitrogens with one attached hydrogen (secondary N) is 1. The Morgan fingerprint density at radius 3 is 2.54 bits per heavy atom. The zero-order chi connectivity index (χ0) is 17.1. The summed E-state index contributed by atoms with van der Waals surface area (Å²) in [5.41, 5.74) is 1.61. The maximum atomic E-state index is 12.4.